The summed E-state index contributed by atoms with van der Waals surface area (Å²) >= 11 is 1.27. The van der Waals surface area contributed by atoms with Crippen LogP contribution in [0.3, 0.4) is 0 Å². The number of carbonyl (C=O) groups is 1. The third kappa shape index (κ3) is 5.77. The van der Waals surface area contributed by atoms with E-state index in [0.29, 0.717) is 17.6 Å². The first-order valence-corrected chi connectivity index (χ1v) is 12.4. The van der Waals surface area contributed by atoms with Gasteiger partial charge in [-0.05, 0) is 45.7 Å². The zero-order valence-electron chi connectivity index (χ0n) is 19.1. The van der Waals surface area contributed by atoms with Crippen LogP contribution in [0.1, 0.15) is 52.3 Å². The van der Waals surface area contributed by atoms with E-state index in [0.717, 1.165) is 25.7 Å². The molecule has 33 heavy (non-hydrogen) atoms. The van der Waals surface area contributed by atoms with Crippen molar-refractivity contribution in [3.63, 3.8) is 0 Å². The predicted molar refractivity (Wildman–Crippen MR) is 126 cm³/mol. The molecule has 1 aliphatic heterocycles. The third-order valence-corrected chi connectivity index (χ3v) is 7.13. The van der Waals surface area contributed by atoms with Gasteiger partial charge in [-0.15, -0.1) is 11.8 Å². The van der Waals surface area contributed by atoms with Gasteiger partial charge in [0.2, 0.25) is 0 Å². The van der Waals surface area contributed by atoms with Crippen molar-refractivity contribution in [2.24, 2.45) is 0 Å². The van der Waals surface area contributed by atoms with E-state index < -0.39 is 34.5 Å². The van der Waals surface area contributed by atoms with Gasteiger partial charge in [0, 0.05) is 18.3 Å². The summed E-state index contributed by atoms with van der Waals surface area (Å²) in [5, 5.41) is 2.78. The molecule has 10 heteroatoms. The van der Waals surface area contributed by atoms with E-state index in [9.17, 15) is 18.4 Å². The van der Waals surface area contributed by atoms with Crippen molar-refractivity contribution in [2.75, 3.05) is 18.4 Å². The molecule has 2 atom stereocenters. The summed E-state index contributed by atoms with van der Waals surface area (Å²) in [6.07, 6.45) is 2.62. The van der Waals surface area contributed by atoms with Gasteiger partial charge in [0.1, 0.15) is 28.8 Å². The minimum absolute atomic E-state index is 0.0321. The van der Waals surface area contributed by atoms with Gasteiger partial charge in [0.15, 0.2) is 0 Å². The predicted octanol–water partition coefficient (Wildman–Crippen LogP) is 4.61. The molecule has 2 heterocycles. The largest absolute Gasteiger partial charge is 0.444 e. The lowest BCUT2D eigenvalue weighted by molar-refractivity contribution is 0.0284. The Kier molecular flexibility index (Phi) is 6.83. The fourth-order valence-corrected chi connectivity index (χ4v) is 5.37. The summed E-state index contributed by atoms with van der Waals surface area (Å²) < 4.78 is 34.5. The highest BCUT2D eigenvalue weighted by Crippen LogP contribution is 2.29. The van der Waals surface area contributed by atoms with E-state index in [1.807, 2.05) is 0 Å². The molecule has 2 fully saturated rings. The summed E-state index contributed by atoms with van der Waals surface area (Å²) in [5.74, 6) is -0.0354. The minimum atomic E-state index is -1.21. The Labute approximate surface area is 195 Å². The van der Waals surface area contributed by atoms with E-state index in [1.54, 1.807) is 26.8 Å². The Morgan fingerprint density at radius 3 is 2.73 bits per heavy atom. The lowest BCUT2D eigenvalue weighted by Crippen LogP contribution is -2.35. The molecule has 7 nitrogen and oxygen atoms in total. The standard InChI is InChI=1S/C23H30F2N4O3S/c1-23(2,3)32-22(31)29-10-16(25)18(11-29)33-12-19-27-17-9-14(26-13-6-4-5-7-13)8-15(24)20(17)21(30)28-19/h8-9,13,16,18,26H,4-7,10-12H2,1-3H3,(H,27,28,30)/t16-,18+/m1/s1. The molecule has 1 saturated heterocycles. The molecule has 0 unspecified atom stereocenters. The quantitative estimate of drug-likeness (QED) is 0.650. The van der Waals surface area contributed by atoms with Crippen LogP contribution in [-0.4, -0.2) is 57.1 Å². The van der Waals surface area contributed by atoms with Gasteiger partial charge in [-0.25, -0.2) is 18.6 Å². The van der Waals surface area contributed by atoms with E-state index >= 15 is 0 Å². The van der Waals surface area contributed by atoms with Gasteiger partial charge in [-0.2, -0.15) is 0 Å². The number of alkyl halides is 1. The molecule has 1 saturated carbocycles. The van der Waals surface area contributed by atoms with Crippen molar-refractivity contribution in [3.05, 3.63) is 34.1 Å². The second kappa shape index (κ2) is 9.48. The molecular formula is C23H30F2N4O3S. The third-order valence-electron chi connectivity index (χ3n) is 5.82. The summed E-state index contributed by atoms with van der Waals surface area (Å²) in [7, 11) is 0. The van der Waals surface area contributed by atoms with Crippen molar-refractivity contribution in [3.8, 4) is 0 Å². The average Bonchev–Trinajstić information content (AvgIpc) is 3.34. The fourth-order valence-electron chi connectivity index (χ4n) is 4.28. The number of fused-ring (bicyclic) bond motifs is 1. The number of hydrogen-bond acceptors (Lipinski definition) is 6. The molecule has 2 aromatic rings. The van der Waals surface area contributed by atoms with Gasteiger partial charge >= 0.3 is 6.09 Å². The van der Waals surface area contributed by atoms with Crippen LogP contribution in [0.25, 0.3) is 10.9 Å². The van der Waals surface area contributed by atoms with Gasteiger partial charge < -0.3 is 19.9 Å². The van der Waals surface area contributed by atoms with Crippen LogP contribution in [0.4, 0.5) is 19.3 Å². The average molecular weight is 481 g/mol. The number of nitrogens with one attached hydrogen (secondary N) is 2. The Morgan fingerprint density at radius 1 is 1.30 bits per heavy atom. The molecule has 1 aliphatic carbocycles. The molecule has 2 aliphatic rings. The van der Waals surface area contributed by atoms with Crippen LogP contribution >= 0.6 is 11.8 Å². The molecule has 0 radical (unpaired) electrons. The second-order valence-corrected chi connectivity index (χ2v) is 11.0. The number of H-pyrrole nitrogens is 1. The maximum atomic E-state index is 14.6. The Balaban J connectivity index is 1.45. The van der Waals surface area contributed by atoms with Gasteiger partial charge in [0.25, 0.3) is 5.56 Å². The SMILES string of the molecule is CC(C)(C)OC(=O)N1C[C@@H](F)[C@@H](SCc2nc3cc(NC4CCCC4)cc(F)c3c(=O)[nH]2)C1. The molecule has 1 amide bonds. The Morgan fingerprint density at radius 2 is 2.03 bits per heavy atom. The molecule has 4 rings (SSSR count). The first-order chi connectivity index (χ1) is 15.6. The lowest BCUT2D eigenvalue weighted by Gasteiger charge is -2.24. The fraction of sp³-hybridized carbons (Fsp3) is 0.609. The number of carbonyl (C=O) groups excluding carboxylic acids is 1. The number of nitrogens with zero attached hydrogens (tertiary/aromatic N) is 2. The van der Waals surface area contributed by atoms with Gasteiger partial charge in [-0.1, -0.05) is 12.8 Å². The van der Waals surface area contributed by atoms with Gasteiger partial charge in [0.05, 0.1) is 23.1 Å². The normalized spacial score (nSPS) is 21.7. The van der Waals surface area contributed by atoms with Crippen molar-refractivity contribution in [1.29, 1.82) is 0 Å². The summed E-state index contributed by atoms with van der Waals surface area (Å²) in [5.41, 5.74) is -0.326. The van der Waals surface area contributed by atoms with E-state index in [2.05, 4.69) is 15.3 Å². The van der Waals surface area contributed by atoms with E-state index in [1.165, 1.54) is 22.7 Å². The molecule has 0 spiro atoms. The second-order valence-electron chi connectivity index (χ2n) is 9.74. The summed E-state index contributed by atoms with van der Waals surface area (Å²) in [6, 6.07) is 3.33. The minimum Gasteiger partial charge on any atom is -0.444 e. The van der Waals surface area contributed by atoms with Crippen molar-refractivity contribution < 1.29 is 18.3 Å². The number of amides is 1. The number of ether oxygens (including phenoxy) is 1. The van der Waals surface area contributed by atoms with Gasteiger partial charge in [-0.3, -0.25) is 4.79 Å². The van der Waals surface area contributed by atoms with E-state index in [-0.39, 0.29) is 29.7 Å². The van der Waals surface area contributed by atoms with Crippen LogP contribution in [0.5, 0.6) is 0 Å². The Bertz CT molecular complexity index is 1080. The maximum absolute atomic E-state index is 14.6. The molecule has 2 N–H and O–H groups in total. The summed E-state index contributed by atoms with van der Waals surface area (Å²) in [4.78, 5) is 33.1. The van der Waals surface area contributed by atoms with Crippen LogP contribution < -0.4 is 10.9 Å². The number of rotatable bonds is 5. The molecular weight excluding hydrogens is 450 g/mol. The zero-order valence-corrected chi connectivity index (χ0v) is 19.9. The topological polar surface area (TPSA) is 87.3 Å². The lowest BCUT2D eigenvalue weighted by atomic mass is 10.2. The number of halogens is 2. The molecule has 1 aromatic heterocycles. The number of aromatic nitrogens is 2. The van der Waals surface area contributed by atoms with Crippen LogP contribution in [0, 0.1) is 5.82 Å². The smallest absolute Gasteiger partial charge is 0.410 e. The number of anilines is 1. The highest BCUT2D eigenvalue weighted by molar-refractivity contribution is 7.99. The molecule has 1 aromatic carbocycles. The first-order valence-electron chi connectivity index (χ1n) is 11.3. The van der Waals surface area contributed by atoms with Crippen LogP contribution in [0.15, 0.2) is 16.9 Å². The summed E-state index contributed by atoms with van der Waals surface area (Å²) in [6.45, 7) is 5.47. The highest BCUT2D eigenvalue weighted by atomic mass is 32.2. The number of aromatic amines is 1. The molecule has 180 valence electrons. The van der Waals surface area contributed by atoms with Crippen molar-refractivity contribution >= 4 is 34.4 Å². The monoisotopic (exact) mass is 480 g/mol. The molecule has 0 bridgehead atoms. The van der Waals surface area contributed by atoms with Crippen LogP contribution in [0.2, 0.25) is 0 Å². The van der Waals surface area contributed by atoms with E-state index in [4.69, 9.17) is 4.74 Å². The van der Waals surface area contributed by atoms with Crippen molar-refractivity contribution in [1.82, 2.24) is 14.9 Å². The maximum Gasteiger partial charge on any atom is 0.410 e. The number of hydrogen-bond donors (Lipinski definition) is 2. The first kappa shape index (κ1) is 23.8. The number of benzene rings is 1. The number of likely N-dealkylation sites (tertiary alicyclic amines) is 1. The number of thioether (sulfide) groups is 1. The van der Waals surface area contributed by atoms with Crippen LogP contribution in [-0.2, 0) is 10.5 Å². The zero-order chi connectivity index (χ0) is 23.8. The highest BCUT2D eigenvalue weighted by Gasteiger charge is 2.37. The Hall–Kier alpha value is -2.36. The van der Waals surface area contributed by atoms with Crippen molar-refractivity contribution in [2.45, 2.75) is 75.3 Å².